The van der Waals surface area contributed by atoms with Gasteiger partial charge in [0.1, 0.15) is 5.71 Å². The summed E-state index contributed by atoms with van der Waals surface area (Å²) >= 11 is 0. The first-order chi connectivity index (χ1) is 6.31. The van der Waals surface area contributed by atoms with Gasteiger partial charge in [-0.15, -0.1) is 0 Å². The highest BCUT2D eigenvalue weighted by atomic mass is 16.2. The zero-order valence-electron chi connectivity index (χ0n) is 8.97. The fourth-order valence-electron chi connectivity index (χ4n) is 0.682. The number of ketones is 1. The predicted molar refractivity (Wildman–Crippen MR) is 55.4 cm³/mol. The molecule has 0 aromatic rings. The maximum Gasteiger partial charge on any atom is 0.269 e. The van der Waals surface area contributed by atoms with E-state index in [9.17, 15) is 9.59 Å². The molecule has 78 valence electrons. The number of rotatable bonds is 4. The van der Waals surface area contributed by atoms with E-state index in [-0.39, 0.29) is 11.5 Å². The Morgan fingerprint density at radius 1 is 1.36 bits per heavy atom. The van der Waals surface area contributed by atoms with Crippen molar-refractivity contribution in [2.45, 2.75) is 33.2 Å². The van der Waals surface area contributed by atoms with Crippen LogP contribution in [0.2, 0.25) is 0 Å². The molecule has 0 rings (SSSR count). The monoisotopic (exact) mass is 196 g/mol. The van der Waals surface area contributed by atoms with Crippen LogP contribution in [0.4, 0.5) is 0 Å². The number of carbonyl (C=O) groups excluding carboxylic acids is 2. The highest BCUT2D eigenvalue weighted by molar-refractivity contribution is 6.42. The summed E-state index contributed by atoms with van der Waals surface area (Å²) in [7, 11) is 0. The third-order valence-electron chi connectivity index (χ3n) is 1.88. The quantitative estimate of drug-likeness (QED) is 0.660. The molecule has 0 heterocycles. The third kappa shape index (κ3) is 3.51. The van der Waals surface area contributed by atoms with Gasteiger partial charge in [0.2, 0.25) is 0 Å². The van der Waals surface area contributed by atoms with Crippen LogP contribution in [-0.2, 0) is 9.59 Å². The van der Waals surface area contributed by atoms with Gasteiger partial charge >= 0.3 is 0 Å². The Morgan fingerprint density at radius 3 is 2.21 bits per heavy atom. The minimum Gasteiger partial charge on any atom is -0.339 e. The van der Waals surface area contributed by atoms with Crippen LogP contribution in [0.3, 0.4) is 0 Å². The molecule has 0 spiro atoms. The van der Waals surface area contributed by atoms with Crippen LogP contribution < -0.4 is 5.32 Å². The van der Waals surface area contributed by atoms with E-state index in [2.05, 4.69) is 5.32 Å². The van der Waals surface area contributed by atoms with Gasteiger partial charge in [0.15, 0.2) is 5.78 Å². The zero-order valence-corrected chi connectivity index (χ0v) is 8.97. The van der Waals surface area contributed by atoms with Crippen LogP contribution in [0, 0.1) is 5.41 Å². The number of allylic oxidation sites excluding steroid dienone is 1. The van der Waals surface area contributed by atoms with Gasteiger partial charge in [0, 0.05) is 0 Å². The number of Topliss-reactive ketones (excluding diaryl/α,β-unsaturated/α-hetero) is 1. The minimum atomic E-state index is -0.912. The fourth-order valence-corrected chi connectivity index (χ4v) is 0.682. The topological polar surface area (TPSA) is 70.0 Å². The van der Waals surface area contributed by atoms with Crippen LogP contribution in [0.25, 0.3) is 0 Å². The second-order valence-electron chi connectivity index (χ2n) is 3.55. The molecular formula is C10H16N2O2. The van der Waals surface area contributed by atoms with E-state index in [1.807, 2.05) is 0 Å². The fraction of sp³-hybridized carbons (Fsp3) is 0.500. The third-order valence-corrected chi connectivity index (χ3v) is 1.88. The lowest BCUT2D eigenvalue weighted by Gasteiger charge is -2.22. The lowest BCUT2D eigenvalue weighted by molar-refractivity contribution is -0.126. The normalized spacial score (nSPS) is 11.4. The highest BCUT2D eigenvalue weighted by Crippen LogP contribution is 2.02. The number of nitrogens with one attached hydrogen (secondary N) is 2. The van der Waals surface area contributed by atoms with E-state index in [1.54, 1.807) is 26.8 Å². The summed E-state index contributed by atoms with van der Waals surface area (Å²) in [6.07, 6.45) is 2.98. The van der Waals surface area contributed by atoms with E-state index in [4.69, 9.17) is 5.41 Å². The van der Waals surface area contributed by atoms with Crippen molar-refractivity contribution in [2.24, 2.45) is 0 Å². The molecule has 0 radical (unpaired) electrons. The van der Waals surface area contributed by atoms with Gasteiger partial charge in [-0.05, 0) is 33.8 Å². The molecule has 0 aliphatic rings. The van der Waals surface area contributed by atoms with Gasteiger partial charge < -0.3 is 5.32 Å². The van der Waals surface area contributed by atoms with Crippen LogP contribution in [0.5, 0.6) is 0 Å². The Labute approximate surface area is 83.9 Å². The second kappa shape index (κ2) is 4.69. The van der Waals surface area contributed by atoms with Crippen molar-refractivity contribution >= 4 is 17.4 Å². The van der Waals surface area contributed by atoms with Crippen molar-refractivity contribution in [2.75, 3.05) is 0 Å². The van der Waals surface area contributed by atoms with Crippen LogP contribution >= 0.6 is 0 Å². The van der Waals surface area contributed by atoms with Crippen LogP contribution in [0.15, 0.2) is 12.2 Å². The summed E-state index contributed by atoms with van der Waals surface area (Å²) in [6, 6.07) is 0. The molecule has 4 nitrogen and oxygen atoms in total. The molecule has 0 aliphatic heterocycles. The van der Waals surface area contributed by atoms with Crippen molar-refractivity contribution < 1.29 is 9.59 Å². The van der Waals surface area contributed by atoms with Gasteiger partial charge in [0.25, 0.3) is 5.91 Å². The number of amides is 1. The van der Waals surface area contributed by atoms with Crippen molar-refractivity contribution in [3.63, 3.8) is 0 Å². The van der Waals surface area contributed by atoms with Gasteiger partial charge in [-0.25, -0.2) is 0 Å². The summed E-state index contributed by atoms with van der Waals surface area (Å²) in [4.78, 5) is 22.4. The highest BCUT2D eigenvalue weighted by Gasteiger charge is 2.26. The Morgan fingerprint density at radius 2 is 1.86 bits per heavy atom. The molecule has 14 heavy (non-hydrogen) atoms. The first-order valence-electron chi connectivity index (χ1n) is 4.36. The Kier molecular flexibility index (Phi) is 4.21. The van der Waals surface area contributed by atoms with E-state index in [1.165, 1.54) is 13.0 Å². The SMILES string of the molecule is C/C=C\C(=N)C(=O)NC(C)(C)C(C)=O. The van der Waals surface area contributed by atoms with E-state index < -0.39 is 11.4 Å². The molecule has 0 saturated carbocycles. The Hall–Kier alpha value is -1.45. The minimum absolute atomic E-state index is 0.140. The smallest absolute Gasteiger partial charge is 0.269 e. The average molecular weight is 196 g/mol. The molecule has 2 N–H and O–H groups in total. The summed E-state index contributed by atoms with van der Waals surface area (Å²) in [5, 5.41) is 9.78. The molecule has 0 aromatic heterocycles. The first-order valence-corrected chi connectivity index (χ1v) is 4.36. The Balaban J connectivity index is 4.47. The van der Waals surface area contributed by atoms with Gasteiger partial charge in [-0.2, -0.15) is 0 Å². The molecule has 0 atom stereocenters. The van der Waals surface area contributed by atoms with Gasteiger partial charge in [0.05, 0.1) is 5.54 Å². The van der Waals surface area contributed by atoms with E-state index >= 15 is 0 Å². The summed E-state index contributed by atoms with van der Waals surface area (Å²) in [6.45, 7) is 6.34. The maximum absolute atomic E-state index is 11.3. The number of hydrogen-bond acceptors (Lipinski definition) is 3. The molecule has 1 amide bonds. The molecule has 0 saturated heterocycles. The molecule has 4 heteroatoms. The largest absolute Gasteiger partial charge is 0.339 e. The molecular weight excluding hydrogens is 180 g/mol. The second-order valence-corrected chi connectivity index (χ2v) is 3.55. The van der Waals surface area contributed by atoms with E-state index in [0.717, 1.165) is 0 Å². The standard InChI is InChI=1S/C10H16N2O2/c1-5-6-8(11)9(14)12-10(3,4)7(2)13/h5-6,11H,1-4H3,(H,12,14)/b6-5-,11-8?. The van der Waals surface area contributed by atoms with Crippen molar-refractivity contribution in [1.82, 2.24) is 5.32 Å². The molecule has 0 aliphatic carbocycles. The van der Waals surface area contributed by atoms with Crippen LogP contribution in [-0.4, -0.2) is 22.9 Å². The summed E-state index contributed by atoms with van der Waals surface area (Å²) < 4.78 is 0. The molecule has 0 aromatic carbocycles. The first kappa shape index (κ1) is 12.6. The van der Waals surface area contributed by atoms with E-state index in [0.29, 0.717) is 0 Å². The van der Waals surface area contributed by atoms with Gasteiger partial charge in [-0.1, -0.05) is 6.08 Å². The van der Waals surface area contributed by atoms with Crippen LogP contribution in [0.1, 0.15) is 27.7 Å². The molecule has 0 fully saturated rings. The average Bonchev–Trinajstić information content (AvgIpc) is 2.03. The zero-order chi connectivity index (χ0) is 11.4. The predicted octanol–water partition coefficient (Wildman–Crippen LogP) is 1.07. The lowest BCUT2D eigenvalue weighted by atomic mass is 10.0. The van der Waals surface area contributed by atoms with Crippen molar-refractivity contribution in [3.8, 4) is 0 Å². The Bertz CT molecular complexity index is 290. The summed E-state index contributed by atoms with van der Waals surface area (Å²) in [5.74, 6) is -0.678. The van der Waals surface area contributed by atoms with Crippen molar-refractivity contribution in [1.29, 1.82) is 5.41 Å². The summed E-state index contributed by atoms with van der Waals surface area (Å²) in [5.41, 5.74) is -1.06. The number of hydrogen-bond donors (Lipinski definition) is 2. The molecule has 0 bridgehead atoms. The maximum atomic E-state index is 11.3. The number of carbonyl (C=O) groups is 2. The lowest BCUT2D eigenvalue weighted by Crippen LogP contribution is -2.50. The van der Waals surface area contributed by atoms with Crippen molar-refractivity contribution in [3.05, 3.63) is 12.2 Å². The van der Waals surface area contributed by atoms with Gasteiger partial charge in [-0.3, -0.25) is 15.0 Å². The molecule has 0 unspecified atom stereocenters.